The average molecular weight is 956 g/mol. The van der Waals surface area contributed by atoms with Crippen LogP contribution in [0.15, 0.2) is 136 Å². The van der Waals surface area contributed by atoms with Crippen molar-refractivity contribution < 1.29 is 31.2 Å². The normalized spacial score (nSPS) is 15.3. The largest absolute Gasteiger partial charge is 0.384 e. The molecule has 65 heavy (non-hydrogen) atoms. The van der Waals surface area contributed by atoms with Crippen LogP contribution in [0.3, 0.4) is 0 Å². The molecule has 0 radical (unpaired) electrons. The molecule has 2 fully saturated rings. The Balaban J connectivity index is 0.000000195. The third-order valence-corrected chi connectivity index (χ3v) is 15.3. The van der Waals surface area contributed by atoms with E-state index in [1.807, 2.05) is 0 Å². The first-order valence-corrected chi connectivity index (χ1v) is 23.9. The third-order valence-electron chi connectivity index (χ3n) is 11.0. The van der Waals surface area contributed by atoms with Gasteiger partial charge in [0, 0.05) is 91.6 Å². The molecule has 2 heterocycles. The van der Waals surface area contributed by atoms with Crippen molar-refractivity contribution in [3.8, 4) is 0 Å². The molecule has 2 saturated heterocycles. The first kappa shape index (κ1) is 46.8. The fourth-order valence-electron chi connectivity index (χ4n) is 7.45. The maximum Gasteiger partial charge on any atom is 0.253 e. The van der Waals surface area contributed by atoms with Gasteiger partial charge in [-0.15, -0.1) is 0 Å². The number of amidine groups is 2. The summed E-state index contributed by atoms with van der Waals surface area (Å²) in [5.41, 5.74) is 13.2. The second-order valence-electron chi connectivity index (χ2n) is 15.3. The first-order chi connectivity index (χ1) is 30.9. The quantitative estimate of drug-likeness (QED) is 0.124. The fraction of sp³-hybridized carbons (Fsp3) is 0.196. The van der Waals surface area contributed by atoms with Gasteiger partial charge in [-0.05, 0) is 94.3 Å². The highest BCUT2D eigenvalue weighted by atomic mass is 35.5. The van der Waals surface area contributed by atoms with Gasteiger partial charge in [-0.3, -0.25) is 19.8 Å². The van der Waals surface area contributed by atoms with Crippen molar-refractivity contribution in [1.82, 2.24) is 18.4 Å². The molecule has 2 aliphatic rings. The van der Waals surface area contributed by atoms with Crippen molar-refractivity contribution in [2.45, 2.75) is 16.7 Å². The van der Waals surface area contributed by atoms with Crippen molar-refractivity contribution in [2.24, 2.45) is 16.5 Å². The molecule has 0 bridgehead atoms. The van der Waals surface area contributed by atoms with E-state index in [4.69, 9.17) is 40.1 Å². The summed E-state index contributed by atoms with van der Waals surface area (Å²) in [6.07, 6.45) is 0. The summed E-state index contributed by atoms with van der Waals surface area (Å²) >= 11 is 12.0. The highest BCUT2D eigenvalue weighted by Gasteiger charge is 2.32. The molecule has 0 unspecified atom stereocenters. The number of nitrogens with zero attached hydrogens (tertiary/aromatic N) is 5. The van der Waals surface area contributed by atoms with Crippen molar-refractivity contribution in [3.63, 3.8) is 0 Å². The molecule has 6 aromatic carbocycles. The molecule has 0 spiro atoms. The number of carbonyl (C=O) groups is 3. The summed E-state index contributed by atoms with van der Waals surface area (Å²) in [6.45, 7) is 3.29. The molecule has 336 valence electrons. The van der Waals surface area contributed by atoms with Gasteiger partial charge in [0.05, 0.1) is 9.79 Å². The Hall–Kier alpha value is -6.21. The van der Waals surface area contributed by atoms with Gasteiger partial charge in [-0.25, -0.2) is 16.8 Å². The zero-order chi connectivity index (χ0) is 46.6. The second kappa shape index (κ2) is 19.5. The number of hydrogen-bond donors (Lipinski definition) is 3. The number of nitrogens with two attached hydrogens (primary N) is 2. The van der Waals surface area contributed by atoms with Crippen LogP contribution in [0.5, 0.6) is 0 Å². The lowest BCUT2D eigenvalue weighted by atomic mass is 10.1. The fourth-order valence-corrected chi connectivity index (χ4v) is 10.7. The van der Waals surface area contributed by atoms with E-state index >= 15 is 0 Å². The van der Waals surface area contributed by atoms with E-state index in [0.29, 0.717) is 45.4 Å². The molecule has 0 aromatic heterocycles. The second-order valence-corrected chi connectivity index (χ2v) is 20.0. The number of halogens is 2. The van der Waals surface area contributed by atoms with Crippen molar-refractivity contribution in [3.05, 3.63) is 154 Å². The monoisotopic (exact) mass is 954 g/mol. The number of benzene rings is 6. The highest BCUT2D eigenvalue weighted by molar-refractivity contribution is 7.89. The molecule has 5 N–H and O–H groups in total. The number of hydrogen-bond acceptors (Lipinski definition) is 8. The van der Waals surface area contributed by atoms with Gasteiger partial charge < -0.3 is 21.3 Å². The highest BCUT2D eigenvalue weighted by Crippen LogP contribution is 2.27. The van der Waals surface area contributed by atoms with E-state index in [-0.39, 0.29) is 72.5 Å². The first-order valence-electron chi connectivity index (χ1n) is 20.3. The minimum atomic E-state index is -3.69. The Labute approximate surface area is 386 Å². The van der Waals surface area contributed by atoms with Gasteiger partial charge >= 0.3 is 0 Å². The number of rotatable bonds is 8. The zero-order valence-corrected chi connectivity index (χ0v) is 38.2. The molecule has 2 aliphatic heterocycles. The molecule has 0 aliphatic carbocycles. The lowest BCUT2D eigenvalue weighted by Gasteiger charge is -2.34. The van der Waals surface area contributed by atoms with Crippen LogP contribution < -0.4 is 11.5 Å². The smallest absolute Gasteiger partial charge is 0.253 e. The van der Waals surface area contributed by atoms with Crippen LogP contribution in [-0.4, -0.2) is 117 Å². The maximum atomic E-state index is 13.2. The van der Waals surface area contributed by atoms with Crippen molar-refractivity contribution in [2.75, 3.05) is 52.4 Å². The Morgan fingerprint density at radius 3 is 1.22 bits per heavy atom. The van der Waals surface area contributed by atoms with Gasteiger partial charge in [0.2, 0.25) is 26.0 Å². The van der Waals surface area contributed by atoms with E-state index in [9.17, 15) is 31.2 Å². The Kier molecular flexibility index (Phi) is 14.0. The number of nitrogen functional groups attached to an aromatic ring is 1. The van der Waals surface area contributed by atoms with Crippen LogP contribution in [0.4, 0.5) is 0 Å². The van der Waals surface area contributed by atoms with Crippen molar-refractivity contribution in [1.29, 1.82) is 5.41 Å². The Bertz CT molecular complexity index is 3080. The van der Waals surface area contributed by atoms with Gasteiger partial charge in [-0.2, -0.15) is 13.6 Å². The lowest BCUT2D eigenvalue weighted by molar-refractivity contribution is -0.115. The summed E-state index contributed by atoms with van der Waals surface area (Å²) in [5, 5.41) is 11.9. The van der Waals surface area contributed by atoms with Crippen LogP contribution in [-0.2, 0) is 24.8 Å². The Morgan fingerprint density at radius 1 is 0.508 bits per heavy atom. The van der Waals surface area contributed by atoms with E-state index in [0.717, 1.165) is 21.5 Å². The van der Waals surface area contributed by atoms with Crippen molar-refractivity contribution >= 4 is 94.2 Å². The molecule has 19 heteroatoms. The minimum Gasteiger partial charge on any atom is -0.384 e. The Morgan fingerprint density at radius 2 is 0.846 bits per heavy atom. The SMILES string of the molecule is CC(=O)N=C(N)c1ccc(C(=O)N2CCN(S(=O)(=O)c3ccc4cc(Cl)ccc4c3)CC2)cc1.N=C(N)c1ccc(C(=O)N2CCN(S(=O)(=O)c3ccc4cc(Cl)ccc4c3)CC2)cc1. The minimum absolute atomic E-state index is 0.0605. The lowest BCUT2D eigenvalue weighted by Crippen LogP contribution is -2.50. The number of carbonyl (C=O) groups excluding carboxylic acids is 3. The predicted octanol–water partition coefficient (Wildman–Crippen LogP) is 5.82. The zero-order valence-electron chi connectivity index (χ0n) is 35.0. The number of nitrogens with one attached hydrogen (secondary N) is 1. The van der Waals surface area contributed by atoms with Crippen LogP contribution >= 0.6 is 23.2 Å². The van der Waals surface area contributed by atoms with Crippen LogP contribution in [0, 0.1) is 5.41 Å². The number of fused-ring (bicyclic) bond motifs is 2. The molecule has 6 aromatic rings. The van der Waals surface area contributed by atoms with E-state index in [1.165, 1.54) is 15.5 Å². The van der Waals surface area contributed by atoms with Gasteiger partial charge in [0.25, 0.3) is 11.8 Å². The molecule has 15 nitrogen and oxygen atoms in total. The summed E-state index contributed by atoms with van der Waals surface area (Å²) in [4.78, 5) is 44.1. The number of amides is 3. The molecular weight excluding hydrogens is 912 g/mol. The van der Waals surface area contributed by atoms with Gasteiger partial charge in [0.1, 0.15) is 11.7 Å². The molecule has 3 amide bonds. The summed E-state index contributed by atoms with van der Waals surface area (Å²) in [6, 6.07) is 33.6. The number of sulfonamides is 2. The van der Waals surface area contributed by atoms with Crippen LogP contribution in [0.1, 0.15) is 38.8 Å². The van der Waals surface area contributed by atoms with Gasteiger partial charge in [0.15, 0.2) is 0 Å². The van der Waals surface area contributed by atoms with E-state index in [2.05, 4.69) is 4.99 Å². The number of piperazine rings is 2. The molecule has 8 rings (SSSR count). The predicted molar refractivity (Wildman–Crippen MR) is 253 cm³/mol. The van der Waals surface area contributed by atoms with Crippen LogP contribution in [0.2, 0.25) is 10.0 Å². The van der Waals surface area contributed by atoms with E-state index in [1.54, 1.807) is 131 Å². The number of aliphatic imine (C=N–C) groups is 1. The summed E-state index contributed by atoms with van der Waals surface area (Å²) in [7, 11) is -7.36. The molecule has 0 atom stereocenters. The average Bonchev–Trinajstić information content (AvgIpc) is 3.30. The van der Waals surface area contributed by atoms with E-state index < -0.39 is 26.0 Å². The summed E-state index contributed by atoms with van der Waals surface area (Å²) in [5.74, 6) is -0.752. The van der Waals surface area contributed by atoms with Crippen LogP contribution in [0.25, 0.3) is 21.5 Å². The standard InChI is InChI=1S/C24H23ClN4O4S.C22H21ClN4O3S/c1-16(30)27-23(26)17-2-4-18(5-3-17)24(31)28-10-12-29(13-11-28)34(32,33)22-9-7-19-14-21(25)8-6-20(19)15-22;23-19-7-5-18-14-20(8-6-17(18)13-19)31(29,30)27-11-9-26(10-12-27)22(28)16-3-1-15(2-4-16)21(24)25/h2-9,14-15H,10-13H2,1H3,(H2,26,27,30);1-8,13-14H,9-12H2,(H3,24,25). The molecule has 0 saturated carbocycles. The molecular formula is C46H44Cl2N8O7S2. The van der Waals surface area contributed by atoms with Gasteiger partial charge in [-0.1, -0.05) is 71.7 Å². The maximum absolute atomic E-state index is 13.2. The third kappa shape index (κ3) is 10.7. The topological polar surface area (TPSA) is 221 Å². The summed E-state index contributed by atoms with van der Waals surface area (Å²) < 4.78 is 55.4.